The number of carbonyl (C=O) groups excluding carboxylic acids is 3. The van der Waals surface area contributed by atoms with Gasteiger partial charge in [0.05, 0.1) is 7.11 Å². The van der Waals surface area contributed by atoms with E-state index in [1.807, 2.05) is 0 Å². The number of amides is 3. The fourth-order valence-electron chi connectivity index (χ4n) is 1.76. The molecule has 0 atom stereocenters. The van der Waals surface area contributed by atoms with E-state index >= 15 is 0 Å². The van der Waals surface area contributed by atoms with Crippen LogP contribution in [0.1, 0.15) is 10.4 Å². The van der Waals surface area contributed by atoms with E-state index in [2.05, 4.69) is 5.32 Å². The molecule has 1 saturated heterocycles. The van der Waals surface area contributed by atoms with Crippen molar-refractivity contribution in [2.45, 2.75) is 0 Å². The number of nitrogens with zero attached hydrogens (tertiary/aromatic N) is 1. The van der Waals surface area contributed by atoms with Crippen LogP contribution in [0.25, 0.3) is 0 Å². The second-order valence-corrected chi connectivity index (χ2v) is 3.98. The molecule has 0 saturated carbocycles. The Kier molecular flexibility index (Phi) is 3.46. The van der Waals surface area contributed by atoms with Gasteiger partial charge in [-0.25, -0.2) is 4.39 Å². The summed E-state index contributed by atoms with van der Waals surface area (Å²) in [6, 6.07) is 3.70. The number of hydrogen-bond acceptors (Lipinski definition) is 4. The van der Waals surface area contributed by atoms with E-state index in [4.69, 9.17) is 4.74 Å². The third kappa shape index (κ3) is 2.70. The molecule has 0 spiro atoms. The van der Waals surface area contributed by atoms with Gasteiger partial charge in [-0.1, -0.05) is 0 Å². The first-order chi connectivity index (χ1) is 9.01. The van der Waals surface area contributed by atoms with Crippen molar-refractivity contribution in [1.82, 2.24) is 10.2 Å². The predicted molar refractivity (Wildman–Crippen MR) is 62.0 cm³/mol. The molecule has 0 bridgehead atoms. The van der Waals surface area contributed by atoms with Gasteiger partial charge in [-0.2, -0.15) is 0 Å². The molecule has 6 nitrogen and oxygen atoms in total. The van der Waals surface area contributed by atoms with Crippen molar-refractivity contribution < 1.29 is 23.5 Å². The third-order valence-corrected chi connectivity index (χ3v) is 2.63. The highest BCUT2D eigenvalue weighted by atomic mass is 19.1. The van der Waals surface area contributed by atoms with Gasteiger partial charge in [0.25, 0.3) is 5.91 Å². The highest BCUT2D eigenvalue weighted by Gasteiger charge is 2.27. The maximum Gasteiger partial charge on any atom is 0.254 e. The summed E-state index contributed by atoms with van der Waals surface area (Å²) in [4.78, 5) is 35.4. The number of nitrogens with one attached hydrogen (secondary N) is 1. The van der Waals surface area contributed by atoms with Gasteiger partial charge in [0.15, 0.2) is 11.6 Å². The summed E-state index contributed by atoms with van der Waals surface area (Å²) < 4.78 is 18.2. The van der Waals surface area contributed by atoms with Crippen molar-refractivity contribution in [3.8, 4) is 5.75 Å². The minimum Gasteiger partial charge on any atom is -0.494 e. The van der Waals surface area contributed by atoms with Crippen molar-refractivity contribution in [2.75, 3.05) is 20.2 Å². The summed E-state index contributed by atoms with van der Waals surface area (Å²) in [7, 11) is 1.31. The monoisotopic (exact) mass is 266 g/mol. The topological polar surface area (TPSA) is 75.7 Å². The van der Waals surface area contributed by atoms with Crippen LogP contribution in [0.15, 0.2) is 18.2 Å². The summed E-state index contributed by atoms with van der Waals surface area (Å²) in [6.45, 7) is -0.448. The molecule has 1 heterocycles. The summed E-state index contributed by atoms with van der Waals surface area (Å²) in [5, 5.41) is 2.08. The zero-order chi connectivity index (χ0) is 14.0. The summed E-state index contributed by atoms with van der Waals surface area (Å²) in [6.07, 6.45) is 0. The first-order valence-corrected chi connectivity index (χ1v) is 5.46. The van der Waals surface area contributed by atoms with E-state index in [0.717, 1.165) is 11.0 Å². The van der Waals surface area contributed by atoms with Crippen LogP contribution in [0, 0.1) is 5.82 Å². The average molecular weight is 266 g/mol. The Balaban J connectivity index is 2.21. The molecule has 1 fully saturated rings. The van der Waals surface area contributed by atoms with Crippen molar-refractivity contribution in [3.05, 3.63) is 29.6 Å². The van der Waals surface area contributed by atoms with E-state index in [1.165, 1.54) is 19.2 Å². The molecule has 0 unspecified atom stereocenters. The molecule has 19 heavy (non-hydrogen) atoms. The molecular weight excluding hydrogens is 255 g/mol. The van der Waals surface area contributed by atoms with Gasteiger partial charge >= 0.3 is 0 Å². The number of imide groups is 1. The van der Waals surface area contributed by atoms with E-state index in [1.54, 1.807) is 0 Å². The Labute approximate surface area is 108 Å². The number of methoxy groups -OCH3 is 1. The Morgan fingerprint density at radius 2 is 1.95 bits per heavy atom. The molecule has 3 amide bonds. The summed E-state index contributed by atoms with van der Waals surface area (Å²) in [5.41, 5.74) is 0.0563. The van der Waals surface area contributed by atoms with E-state index in [0.29, 0.717) is 0 Å². The van der Waals surface area contributed by atoms with Crippen molar-refractivity contribution in [2.24, 2.45) is 0 Å². The summed E-state index contributed by atoms with van der Waals surface area (Å²) in [5.74, 6) is -2.35. The lowest BCUT2D eigenvalue weighted by Gasteiger charge is -2.25. The van der Waals surface area contributed by atoms with Crippen molar-refractivity contribution >= 4 is 17.7 Å². The molecule has 1 aliphatic heterocycles. The summed E-state index contributed by atoms with van der Waals surface area (Å²) >= 11 is 0. The van der Waals surface area contributed by atoms with Crippen LogP contribution in [-0.2, 0) is 9.59 Å². The van der Waals surface area contributed by atoms with Crippen molar-refractivity contribution in [3.63, 3.8) is 0 Å². The van der Waals surface area contributed by atoms with Crippen LogP contribution in [0.4, 0.5) is 4.39 Å². The Morgan fingerprint density at radius 3 is 2.47 bits per heavy atom. The quantitative estimate of drug-likeness (QED) is 0.760. The largest absolute Gasteiger partial charge is 0.494 e. The van der Waals surface area contributed by atoms with Gasteiger partial charge in [-0.15, -0.1) is 0 Å². The van der Waals surface area contributed by atoms with Gasteiger partial charge < -0.3 is 9.64 Å². The fourth-order valence-corrected chi connectivity index (χ4v) is 1.76. The third-order valence-electron chi connectivity index (χ3n) is 2.63. The smallest absolute Gasteiger partial charge is 0.254 e. The number of carbonyl (C=O) groups is 3. The average Bonchev–Trinajstić information content (AvgIpc) is 2.36. The number of halogens is 1. The molecule has 1 aromatic rings. The molecule has 1 aromatic carbocycles. The van der Waals surface area contributed by atoms with Gasteiger partial charge in [0.2, 0.25) is 11.8 Å². The number of hydrogen-bond donors (Lipinski definition) is 1. The molecule has 0 aromatic heterocycles. The molecule has 0 aliphatic carbocycles. The van der Waals surface area contributed by atoms with Crippen LogP contribution < -0.4 is 10.1 Å². The minimum absolute atomic E-state index is 0.0176. The van der Waals surface area contributed by atoms with Crippen LogP contribution >= 0.6 is 0 Å². The van der Waals surface area contributed by atoms with Gasteiger partial charge in [-0.05, 0) is 18.2 Å². The first kappa shape index (κ1) is 13.0. The normalized spacial score (nSPS) is 15.2. The van der Waals surface area contributed by atoms with Crippen LogP contribution in [-0.4, -0.2) is 42.8 Å². The SMILES string of the molecule is COc1ccc(C(=O)N2CC(=O)NC(=O)C2)cc1F. The maximum atomic E-state index is 13.5. The molecule has 2 rings (SSSR count). The molecular formula is C12H11FN2O4. The Bertz CT molecular complexity index is 543. The standard InChI is InChI=1S/C12H11FN2O4/c1-19-9-3-2-7(4-8(9)13)12(18)15-5-10(16)14-11(17)6-15/h2-4H,5-6H2,1H3,(H,14,16,17). The number of ether oxygens (including phenoxy) is 1. The molecule has 1 aliphatic rings. The van der Waals surface area contributed by atoms with Crippen molar-refractivity contribution in [1.29, 1.82) is 0 Å². The molecule has 7 heteroatoms. The van der Waals surface area contributed by atoms with Crippen LogP contribution in [0.2, 0.25) is 0 Å². The lowest BCUT2D eigenvalue weighted by atomic mass is 10.1. The minimum atomic E-state index is -0.680. The predicted octanol–water partition coefficient (Wildman–Crippen LogP) is -0.0671. The molecule has 1 N–H and O–H groups in total. The van der Waals surface area contributed by atoms with E-state index in [9.17, 15) is 18.8 Å². The van der Waals surface area contributed by atoms with E-state index in [-0.39, 0.29) is 24.4 Å². The second-order valence-electron chi connectivity index (χ2n) is 3.98. The zero-order valence-electron chi connectivity index (χ0n) is 10.1. The Morgan fingerprint density at radius 1 is 1.32 bits per heavy atom. The zero-order valence-corrected chi connectivity index (χ0v) is 10.1. The lowest BCUT2D eigenvalue weighted by molar-refractivity contribution is -0.135. The number of benzene rings is 1. The van der Waals surface area contributed by atoms with Crippen LogP contribution in [0.3, 0.4) is 0 Å². The fraction of sp³-hybridized carbons (Fsp3) is 0.250. The van der Waals surface area contributed by atoms with E-state index < -0.39 is 23.5 Å². The number of piperazine rings is 1. The highest BCUT2D eigenvalue weighted by molar-refractivity contribution is 6.05. The molecule has 100 valence electrons. The van der Waals surface area contributed by atoms with Gasteiger partial charge in [0, 0.05) is 5.56 Å². The van der Waals surface area contributed by atoms with Gasteiger partial charge in [-0.3, -0.25) is 19.7 Å². The van der Waals surface area contributed by atoms with Crippen LogP contribution in [0.5, 0.6) is 5.75 Å². The first-order valence-electron chi connectivity index (χ1n) is 5.46. The highest BCUT2D eigenvalue weighted by Crippen LogP contribution is 2.18. The second kappa shape index (κ2) is 5.05. The molecule has 0 radical (unpaired) electrons. The van der Waals surface area contributed by atoms with Gasteiger partial charge in [0.1, 0.15) is 13.1 Å². The maximum absolute atomic E-state index is 13.5. The lowest BCUT2D eigenvalue weighted by Crippen LogP contribution is -2.53. The Hall–Kier alpha value is -2.44. The number of rotatable bonds is 2.